The van der Waals surface area contributed by atoms with E-state index in [1.54, 1.807) is 0 Å². The van der Waals surface area contributed by atoms with Crippen LogP contribution in [-0.4, -0.2) is 54.8 Å². The van der Waals surface area contributed by atoms with Crippen LogP contribution in [0, 0.1) is 5.41 Å². The number of hydrogen-bond donors (Lipinski definition) is 1. The SMILES string of the molecule is CC1(C)CCSCC1N1CCOC(CN)C1. The summed E-state index contributed by atoms with van der Waals surface area (Å²) in [6, 6.07) is 0.698. The molecular weight excluding hydrogens is 220 g/mol. The van der Waals surface area contributed by atoms with Crippen molar-refractivity contribution in [3.8, 4) is 0 Å². The Balaban J connectivity index is 1.99. The second-order valence-electron chi connectivity index (χ2n) is 5.55. The Morgan fingerprint density at radius 2 is 2.31 bits per heavy atom. The summed E-state index contributed by atoms with van der Waals surface area (Å²) in [5, 5.41) is 0. The Bertz CT molecular complexity index is 235. The molecule has 2 saturated heterocycles. The summed E-state index contributed by atoms with van der Waals surface area (Å²) < 4.78 is 5.64. The van der Waals surface area contributed by atoms with Gasteiger partial charge in [-0.05, 0) is 17.6 Å². The first-order valence-electron chi connectivity index (χ1n) is 6.27. The summed E-state index contributed by atoms with van der Waals surface area (Å²) in [4.78, 5) is 2.60. The van der Waals surface area contributed by atoms with Gasteiger partial charge in [-0.25, -0.2) is 0 Å². The molecule has 2 heterocycles. The molecule has 2 N–H and O–H groups in total. The molecule has 94 valence electrons. The Morgan fingerprint density at radius 1 is 1.50 bits per heavy atom. The number of hydrogen-bond acceptors (Lipinski definition) is 4. The quantitative estimate of drug-likeness (QED) is 0.791. The molecule has 2 aliphatic heterocycles. The maximum absolute atomic E-state index is 5.71. The third-order valence-corrected chi connectivity index (χ3v) is 4.99. The molecule has 4 heteroatoms. The number of ether oxygens (including phenoxy) is 1. The Kier molecular flexibility index (Phi) is 4.16. The molecule has 0 aromatic rings. The summed E-state index contributed by atoms with van der Waals surface area (Å²) in [5.41, 5.74) is 6.15. The van der Waals surface area contributed by atoms with E-state index in [2.05, 4.69) is 30.5 Å². The highest BCUT2D eigenvalue weighted by Gasteiger charge is 2.38. The summed E-state index contributed by atoms with van der Waals surface area (Å²) >= 11 is 2.09. The molecule has 0 amide bonds. The smallest absolute Gasteiger partial charge is 0.0824 e. The molecule has 0 aromatic heterocycles. The summed E-state index contributed by atoms with van der Waals surface area (Å²) in [7, 11) is 0. The zero-order valence-electron chi connectivity index (χ0n) is 10.4. The Morgan fingerprint density at radius 3 is 3.00 bits per heavy atom. The van der Waals surface area contributed by atoms with Gasteiger partial charge in [-0.1, -0.05) is 13.8 Å². The third-order valence-electron chi connectivity index (χ3n) is 3.94. The van der Waals surface area contributed by atoms with Crippen molar-refractivity contribution in [2.45, 2.75) is 32.4 Å². The molecule has 0 saturated carbocycles. The highest BCUT2D eigenvalue weighted by molar-refractivity contribution is 7.99. The van der Waals surface area contributed by atoms with Crippen LogP contribution in [0.25, 0.3) is 0 Å². The molecule has 0 spiro atoms. The molecule has 2 aliphatic rings. The number of nitrogens with zero attached hydrogens (tertiary/aromatic N) is 1. The highest BCUT2D eigenvalue weighted by Crippen LogP contribution is 2.37. The largest absolute Gasteiger partial charge is 0.374 e. The van der Waals surface area contributed by atoms with Gasteiger partial charge in [0.05, 0.1) is 12.7 Å². The van der Waals surface area contributed by atoms with Crippen molar-refractivity contribution in [2.24, 2.45) is 11.1 Å². The molecule has 2 rings (SSSR count). The van der Waals surface area contributed by atoms with Crippen LogP contribution in [0.5, 0.6) is 0 Å². The standard InChI is InChI=1S/C12H24N2OS/c1-12(2)3-6-16-9-11(12)14-4-5-15-10(7-13)8-14/h10-11H,3-9,13H2,1-2H3. The van der Waals surface area contributed by atoms with Crippen molar-refractivity contribution in [3.05, 3.63) is 0 Å². The van der Waals surface area contributed by atoms with E-state index in [9.17, 15) is 0 Å². The minimum absolute atomic E-state index is 0.247. The third kappa shape index (κ3) is 2.73. The first kappa shape index (κ1) is 12.7. The van der Waals surface area contributed by atoms with Crippen molar-refractivity contribution in [3.63, 3.8) is 0 Å². The zero-order valence-corrected chi connectivity index (χ0v) is 11.3. The number of rotatable bonds is 2. The summed E-state index contributed by atoms with van der Waals surface area (Å²) in [5.74, 6) is 2.58. The van der Waals surface area contributed by atoms with E-state index >= 15 is 0 Å². The van der Waals surface area contributed by atoms with Gasteiger partial charge in [-0.2, -0.15) is 11.8 Å². The van der Waals surface area contributed by atoms with Gasteiger partial charge in [0.25, 0.3) is 0 Å². The molecule has 3 nitrogen and oxygen atoms in total. The molecule has 2 unspecified atom stereocenters. The topological polar surface area (TPSA) is 38.5 Å². The van der Waals surface area contributed by atoms with E-state index in [4.69, 9.17) is 10.5 Å². The maximum Gasteiger partial charge on any atom is 0.0824 e. The lowest BCUT2D eigenvalue weighted by molar-refractivity contribution is -0.0543. The lowest BCUT2D eigenvalue weighted by Gasteiger charge is -2.47. The van der Waals surface area contributed by atoms with Gasteiger partial charge in [0.15, 0.2) is 0 Å². The number of thioether (sulfide) groups is 1. The van der Waals surface area contributed by atoms with E-state index in [-0.39, 0.29) is 6.10 Å². The van der Waals surface area contributed by atoms with E-state index in [1.807, 2.05) is 0 Å². The zero-order chi connectivity index (χ0) is 11.6. The predicted molar refractivity (Wildman–Crippen MR) is 69.9 cm³/mol. The van der Waals surface area contributed by atoms with Crippen LogP contribution in [-0.2, 0) is 4.74 Å². The Labute approximate surface area is 103 Å². The minimum atomic E-state index is 0.247. The first-order valence-corrected chi connectivity index (χ1v) is 7.42. The average molecular weight is 244 g/mol. The van der Waals surface area contributed by atoms with E-state index < -0.39 is 0 Å². The number of nitrogens with two attached hydrogens (primary N) is 1. The molecule has 0 bridgehead atoms. The van der Waals surface area contributed by atoms with E-state index in [1.165, 1.54) is 17.9 Å². The molecule has 2 atom stereocenters. The molecule has 2 fully saturated rings. The van der Waals surface area contributed by atoms with Gasteiger partial charge in [-0.3, -0.25) is 4.90 Å². The van der Waals surface area contributed by atoms with Gasteiger partial charge in [-0.15, -0.1) is 0 Å². The van der Waals surface area contributed by atoms with Crippen molar-refractivity contribution in [1.29, 1.82) is 0 Å². The summed E-state index contributed by atoms with van der Waals surface area (Å²) in [6.07, 6.45) is 1.57. The van der Waals surface area contributed by atoms with Gasteiger partial charge < -0.3 is 10.5 Å². The molecular formula is C12H24N2OS. The van der Waals surface area contributed by atoms with Crippen molar-refractivity contribution in [1.82, 2.24) is 4.90 Å². The van der Waals surface area contributed by atoms with Crippen molar-refractivity contribution < 1.29 is 4.74 Å². The van der Waals surface area contributed by atoms with Gasteiger partial charge in [0.1, 0.15) is 0 Å². The van der Waals surface area contributed by atoms with Crippen LogP contribution in [0.1, 0.15) is 20.3 Å². The van der Waals surface area contributed by atoms with E-state index in [0.29, 0.717) is 18.0 Å². The van der Waals surface area contributed by atoms with Crippen LogP contribution < -0.4 is 5.73 Å². The van der Waals surface area contributed by atoms with Gasteiger partial charge >= 0.3 is 0 Å². The fourth-order valence-electron chi connectivity index (χ4n) is 2.69. The maximum atomic E-state index is 5.71. The lowest BCUT2D eigenvalue weighted by Crippen LogP contribution is -2.56. The van der Waals surface area contributed by atoms with Crippen LogP contribution in [0.4, 0.5) is 0 Å². The number of morpholine rings is 1. The van der Waals surface area contributed by atoms with E-state index in [0.717, 1.165) is 19.7 Å². The predicted octanol–water partition coefficient (Wildman–Crippen LogP) is 1.18. The molecule has 16 heavy (non-hydrogen) atoms. The average Bonchev–Trinajstić information content (AvgIpc) is 2.28. The van der Waals surface area contributed by atoms with Gasteiger partial charge in [0.2, 0.25) is 0 Å². The van der Waals surface area contributed by atoms with Crippen LogP contribution in [0.15, 0.2) is 0 Å². The monoisotopic (exact) mass is 244 g/mol. The lowest BCUT2D eigenvalue weighted by atomic mass is 9.81. The minimum Gasteiger partial charge on any atom is -0.374 e. The van der Waals surface area contributed by atoms with Crippen LogP contribution in [0.3, 0.4) is 0 Å². The molecule has 0 aliphatic carbocycles. The molecule has 0 aromatic carbocycles. The second-order valence-corrected chi connectivity index (χ2v) is 6.70. The highest BCUT2D eigenvalue weighted by atomic mass is 32.2. The fourth-order valence-corrected chi connectivity index (χ4v) is 4.41. The second kappa shape index (κ2) is 5.25. The first-order chi connectivity index (χ1) is 7.63. The van der Waals surface area contributed by atoms with Crippen LogP contribution in [0.2, 0.25) is 0 Å². The van der Waals surface area contributed by atoms with Crippen molar-refractivity contribution >= 4 is 11.8 Å². The Hall–Kier alpha value is 0.230. The van der Waals surface area contributed by atoms with Crippen LogP contribution >= 0.6 is 11.8 Å². The summed E-state index contributed by atoms with van der Waals surface area (Å²) in [6.45, 7) is 8.40. The fraction of sp³-hybridized carbons (Fsp3) is 1.00. The molecule has 0 radical (unpaired) electrons. The normalized spacial score (nSPS) is 36.2. The van der Waals surface area contributed by atoms with Gasteiger partial charge in [0, 0.05) is 31.4 Å². The van der Waals surface area contributed by atoms with Crippen molar-refractivity contribution in [2.75, 3.05) is 37.7 Å².